The highest BCUT2D eigenvalue weighted by atomic mass is 16.5. The lowest BCUT2D eigenvalue weighted by Gasteiger charge is -2.34. The molecule has 2 aromatic rings. The van der Waals surface area contributed by atoms with Gasteiger partial charge in [-0.15, -0.1) is 0 Å². The zero-order valence-electron chi connectivity index (χ0n) is 22.4. The summed E-state index contributed by atoms with van der Waals surface area (Å²) in [5.74, 6) is -0.0215. The number of hydrogen-bond donors (Lipinski definition) is 3. The summed E-state index contributed by atoms with van der Waals surface area (Å²) in [6, 6.07) is 13.7. The van der Waals surface area contributed by atoms with Gasteiger partial charge in [0.15, 0.2) is 0 Å². The quantitative estimate of drug-likeness (QED) is 0.543. The number of rotatable bonds is 6. The van der Waals surface area contributed by atoms with E-state index in [-0.39, 0.29) is 36.5 Å². The van der Waals surface area contributed by atoms with E-state index in [4.69, 9.17) is 9.47 Å². The molecule has 4 atom stereocenters. The largest absolute Gasteiger partial charge is 0.490 e. The fourth-order valence-electron chi connectivity index (χ4n) is 4.48. The maximum absolute atomic E-state index is 14.0. The molecule has 8 nitrogen and oxygen atoms in total. The monoisotopic (exact) mass is 511 g/mol. The molecule has 2 amide bonds. The second kappa shape index (κ2) is 14.1. The van der Waals surface area contributed by atoms with Crippen LogP contribution in [0.4, 0.5) is 5.69 Å². The Hall–Kier alpha value is -2.94. The van der Waals surface area contributed by atoms with Crippen LogP contribution in [0.2, 0.25) is 0 Å². The molecule has 1 aliphatic heterocycles. The fraction of sp³-hybridized carbons (Fsp3) is 0.517. The third-order valence-corrected chi connectivity index (χ3v) is 6.75. The van der Waals surface area contributed by atoms with E-state index in [1.165, 1.54) is 0 Å². The number of carbonyl (C=O) groups is 2. The molecular weight excluding hydrogens is 470 g/mol. The van der Waals surface area contributed by atoms with Crippen molar-refractivity contribution in [1.82, 2.24) is 10.2 Å². The van der Waals surface area contributed by atoms with Crippen LogP contribution in [0.1, 0.15) is 60.7 Å². The second-order valence-electron chi connectivity index (χ2n) is 9.89. The summed E-state index contributed by atoms with van der Waals surface area (Å²) in [5.41, 5.74) is 1.38. The molecule has 0 saturated carbocycles. The van der Waals surface area contributed by atoms with Gasteiger partial charge in [-0.25, -0.2) is 0 Å². The first-order valence-corrected chi connectivity index (χ1v) is 13.2. The number of carbonyl (C=O) groups excluding carboxylic acids is 2. The number of benzene rings is 2. The number of hydrogen-bond acceptors (Lipinski definition) is 6. The molecule has 0 bridgehead atoms. The van der Waals surface area contributed by atoms with Crippen LogP contribution in [0, 0.1) is 5.92 Å². The van der Waals surface area contributed by atoms with Crippen LogP contribution in [0.25, 0.3) is 0 Å². The third-order valence-electron chi connectivity index (χ3n) is 6.75. The predicted molar refractivity (Wildman–Crippen MR) is 145 cm³/mol. The van der Waals surface area contributed by atoms with E-state index in [2.05, 4.69) is 17.6 Å². The van der Waals surface area contributed by atoms with Gasteiger partial charge in [0.1, 0.15) is 5.75 Å². The van der Waals surface area contributed by atoms with Crippen LogP contribution in [-0.4, -0.2) is 73.4 Å². The van der Waals surface area contributed by atoms with Crippen LogP contribution >= 0.6 is 0 Å². The molecule has 1 heterocycles. The lowest BCUT2D eigenvalue weighted by atomic mass is 10.0. The summed E-state index contributed by atoms with van der Waals surface area (Å²) in [6.07, 6.45) is 2.53. The van der Waals surface area contributed by atoms with Gasteiger partial charge in [-0.2, -0.15) is 0 Å². The SMILES string of the molecule is CNC[C@H]1OCCCC[C@@H](C)Oc2ccc(NC(=O)c3ccccc3)cc2C(=O)N([C@@H](C)CO)C[C@H]1C. The minimum absolute atomic E-state index is 0.0256. The number of aliphatic hydroxyl groups excluding tert-OH is 1. The molecule has 1 aliphatic rings. The Morgan fingerprint density at radius 1 is 1.16 bits per heavy atom. The maximum atomic E-state index is 14.0. The van der Waals surface area contributed by atoms with E-state index in [9.17, 15) is 14.7 Å². The van der Waals surface area contributed by atoms with Crippen molar-refractivity contribution >= 4 is 17.5 Å². The number of ether oxygens (including phenoxy) is 2. The van der Waals surface area contributed by atoms with Gasteiger partial charge in [0.25, 0.3) is 11.8 Å². The van der Waals surface area contributed by atoms with Crippen molar-refractivity contribution < 1.29 is 24.2 Å². The predicted octanol–water partition coefficient (Wildman–Crippen LogP) is 3.95. The number of amides is 2. The molecule has 37 heavy (non-hydrogen) atoms. The molecule has 2 aromatic carbocycles. The smallest absolute Gasteiger partial charge is 0.258 e. The first kappa shape index (κ1) is 28.6. The summed E-state index contributed by atoms with van der Waals surface area (Å²) in [5, 5.41) is 16.1. The van der Waals surface area contributed by atoms with Gasteiger partial charge in [0, 0.05) is 36.9 Å². The Morgan fingerprint density at radius 3 is 2.62 bits per heavy atom. The van der Waals surface area contributed by atoms with Crippen molar-refractivity contribution in [3.8, 4) is 5.75 Å². The Balaban J connectivity index is 1.97. The van der Waals surface area contributed by atoms with Crippen molar-refractivity contribution in [1.29, 1.82) is 0 Å². The summed E-state index contributed by atoms with van der Waals surface area (Å²) in [6.45, 7) is 7.43. The number of nitrogens with one attached hydrogen (secondary N) is 2. The molecule has 3 N–H and O–H groups in total. The molecule has 8 heteroatoms. The average molecular weight is 512 g/mol. The summed E-state index contributed by atoms with van der Waals surface area (Å²) >= 11 is 0. The Labute approximate surface area is 220 Å². The van der Waals surface area contributed by atoms with Crippen molar-refractivity contribution in [2.45, 2.75) is 58.3 Å². The van der Waals surface area contributed by atoms with Crippen LogP contribution in [0.15, 0.2) is 48.5 Å². The standard InChI is InChI=1S/C29H41N3O5/c1-20-18-32(21(2)19-33)29(35)25-16-24(31-28(34)23-11-6-5-7-12-23)13-14-26(25)37-22(3)10-8-9-15-36-27(20)17-30-4/h5-7,11-14,16,20-22,27,30,33H,8-10,15,17-19H2,1-4H3,(H,31,34)/t20-,21+,22-,27-/m1/s1. The molecule has 0 aliphatic carbocycles. The van der Waals surface area contributed by atoms with Crippen molar-refractivity contribution in [2.24, 2.45) is 5.92 Å². The maximum Gasteiger partial charge on any atom is 0.258 e. The van der Waals surface area contributed by atoms with Crippen molar-refractivity contribution in [3.63, 3.8) is 0 Å². The fourth-order valence-corrected chi connectivity index (χ4v) is 4.48. The Morgan fingerprint density at radius 2 is 1.92 bits per heavy atom. The summed E-state index contributed by atoms with van der Waals surface area (Å²) in [7, 11) is 1.89. The number of anilines is 1. The van der Waals surface area contributed by atoms with E-state index in [0.29, 0.717) is 42.3 Å². The number of likely N-dealkylation sites (N-methyl/N-ethyl adjacent to an activating group) is 1. The van der Waals surface area contributed by atoms with Gasteiger partial charge in [0.05, 0.1) is 30.4 Å². The summed E-state index contributed by atoms with van der Waals surface area (Å²) in [4.78, 5) is 28.4. The van der Waals surface area contributed by atoms with E-state index >= 15 is 0 Å². The molecule has 0 fully saturated rings. The van der Waals surface area contributed by atoms with Crippen LogP contribution in [-0.2, 0) is 4.74 Å². The Bertz CT molecular complexity index is 1020. The van der Waals surface area contributed by atoms with Gasteiger partial charge < -0.3 is 30.1 Å². The van der Waals surface area contributed by atoms with Gasteiger partial charge in [-0.05, 0) is 70.5 Å². The minimum atomic E-state index is -0.411. The molecule has 0 unspecified atom stereocenters. The average Bonchev–Trinajstić information content (AvgIpc) is 2.90. The van der Waals surface area contributed by atoms with Crippen molar-refractivity contribution in [3.05, 3.63) is 59.7 Å². The molecule has 0 saturated heterocycles. The number of nitrogens with zero attached hydrogens (tertiary/aromatic N) is 1. The van der Waals surface area contributed by atoms with E-state index in [1.807, 2.05) is 27.0 Å². The van der Waals surface area contributed by atoms with Gasteiger partial charge in [0.2, 0.25) is 0 Å². The van der Waals surface area contributed by atoms with Crippen LogP contribution in [0.5, 0.6) is 5.75 Å². The molecular formula is C29H41N3O5. The molecule has 0 aromatic heterocycles. The highest BCUT2D eigenvalue weighted by Crippen LogP contribution is 2.28. The van der Waals surface area contributed by atoms with Crippen LogP contribution in [0.3, 0.4) is 0 Å². The zero-order valence-corrected chi connectivity index (χ0v) is 22.4. The minimum Gasteiger partial charge on any atom is -0.490 e. The first-order valence-electron chi connectivity index (χ1n) is 13.2. The summed E-state index contributed by atoms with van der Waals surface area (Å²) < 4.78 is 12.4. The third kappa shape index (κ3) is 8.02. The van der Waals surface area contributed by atoms with E-state index in [0.717, 1.165) is 19.3 Å². The number of aliphatic hydroxyl groups is 1. The van der Waals surface area contributed by atoms with Gasteiger partial charge in [-0.3, -0.25) is 9.59 Å². The first-order chi connectivity index (χ1) is 17.8. The van der Waals surface area contributed by atoms with E-state index in [1.54, 1.807) is 47.4 Å². The van der Waals surface area contributed by atoms with Crippen molar-refractivity contribution in [2.75, 3.05) is 38.7 Å². The highest BCUT2D eigenvalue weighted by Gasteiger charge is 2.29. The molecule has 202 valence electrons. The normalized spacial score (nSPS) is 22.4. The Kier molecular flexibility index (Phi) is 10.9. The molecule has 0 spiro atoms. The van der Waals surface area contributed by atoms with Gasteiger partial charge >= 0.3 is 0 Å². The molecule has 0 radical (unpaired) electrons. The topological polar surface area (TPSA) is 100 Å². The van der Waals surface area contributed by atoms with E-state index < -0.39 is 6.04 Å². The van der Waals surface area contributed by atoms with Crippen LogP contribution < -0.4 is 15.4 Å². The highest BCUT2D eigenvalue weighted by molar-refractivity contribution is 6.05. The lowest BCUT2D eigenvalue weighted by molar-refractivity contribution is -0.000452. The zero-order chi connectivity index (χ0) is 26.8. The molecule has 3 rings (SSSR count). The van der Waals surface area contributed by atoms with Gasteiger partial charge in [-0.1, -0.05) is 25.1 Å². The lowest BCUT2D eigenvalue weighted by Crippen LogP contribution is -2.47. The number of fused-ring (bicyclic) bond motifs is 1. The second-order valence-corrected chi connectivity index (χ2v) is 9.89.